The molecule has 1 fully saturated rings. The van der Waals surface area contributed by atoms with Gasteiger partial charge in [0.15, 0.2) is 11.5 Å². The minimum Gasteiger partial charge on any atom is -0.350 e. The molecular weight excluding hydrogens is 366 g/mol. The highest BCUT2D eigenvalue weighted by Gasteiger charge is 2.29. The molecule has 0 unspecified atom stereocenters. The molecule has 2 aromatic heterocycles. The van der Waals surface area contributed by atoms with Crippen molar-refractivity contribution in [2.75, 3.05) is 11.4 Å². The van der Waals surface area contributed by atoms with Gasteiger partial charge in [-0.15, -0.1) is 15.3 Å². The van der Waals surface area contributed by atoms with E-state index in [0.29, 0.717) is 5.92 Å². The molecule has 0 spiro atoms. The summed E-state index contributed by atoms with van der Waals surface area (Å²) in [5.74, 6) is 2.57. The predicted octanol–water partition coefficient (Wildman–Crippen LogP) is 3.64. The molecule has 0 bridgehead atoms. The number of fused-ring (bicyclic) bond motifs is 2. The average molecular weight is 384 g/mol. The standard InChI is InChI=1S/C18H18BrN5/c1-11-8-14(19)9-13-6-7-23(10-15(11)13)17-5-4-16-20-21-18(12-2-3-12)24(16)22-17/h4-5,8-9,12H,2-3,6-7,10H2,1H3. The van der Waals surface area contributed by atoms with Gasteiger partial charge in [0.1, 0.15) is 5.82 Å². The summed E-state index contributed by atoms with van der Waals surface area (Å²) >= 11 is 3.61. The molecule has 2 aliphatic rings. The molecule has 6 heteroatoms. The van der Waals surface area contributed by atoms with E-state index in [-0.39, 0.29) is 0 Å². The summed E-state index contributed by atoms with van der Waals surface area (Å²) < 4.78 is 3.11. The third-order valence-electron chi connectivity index (χ3n) is 5.07. The Hall–Kier alpha value is -1.95. The average Bonchev–Trinajstić information content (AvgIpc) is 3.33. The molecule has 1 saturated carbocycles. The lowest BCUT2D eigenvalue weighted by Gasteiger charge is -2.31. The Bertz CT molecular complexity index is 944. The van der Waals surface area contributed by atoms with E-state index in [2.05, 4.69) is 56.2 Å². The molecule has 3 aromatic rings. The van der Waals surface area contributed by atoms with Crippen LogP contribution in [0.3, 0.4) is 0 Å². The van der Waals surface area contributed by atoms with Crippen LogP contribution in [0.2, 0.25) is 0 Å². The topological polar surface area (TPSA) is 46.3 Å². The number of anilines is 1. The van der Waals surface area contributed by atoms with Gasteiger partial charge in [0.25, 0.3) is 0 Å². The minimum absolute atomic E-state index is 0.546. The lowest BCUT2D eigenvalue weighted by Crippen LogP contribution is -2.32. The number of halogens is 1. The van der Waals surface area contributed by atoms with Crippen molar-refractivity contribution in [2.45, 2.75) is 38.6 Å². The maximum atomic E-state index is 4.85. The fraction of sp³-hybridized carbons (Fsp3) is 0.389. The molecule has 5 rings (SSSR count). The largest absolute Gasteiger partial charge is 0.350 e. The number of aromatic nitrogens is 4. The van der Waals surface area contributed by atoms with Crippen LogP contribution >= 0.6 is 15.9 Å². The van der Waals surface area contributed by atoms with Crippen molar-refractivity contribution in [3.8, 4) is 0 Å². The summed E-state index contributed by atoms with van der Waals surface area (Å²) in [5, 5.41) is 13.4. The second-order valence-corrected chi connectivity index (χ2v) is 7.74. The fourth-order valence-corrected chi connectivity index (χ4v) is 4.19. The van der Waals surface area contributed by atoms with Crippen LogP contribution in [0.25, 0.3) is 5.65 Å². The van der Waals surface area contributed by atoms with E-state index in [1.54, 1.807) is 0 Å². The van der Waals surface area contributed by atoms with Gasteiger partial charge in [-0.05, 0) is 67.1 Å². The van der Waals surface area contributed by atoms with Crippen molar-refractivity contribution in [2.24, 2.45) is 0 Å². The maximum absolute atomic E-state index is 4.85. The van der Waals surface area contributed by atoms with Crippen molar-refractivity contribution < 1.29 is 0 Å². The van der Waals surface area contributed by atoms with Crippen molar-refractivity contribution in [3.05, 3.63) is 51.3 Å². The van der Waals surface area contributed by atoms with Crippen LogP contribution in [-0.4, -0.2) is 26.4 Å². The van der Waals surface area contributed by atoms with Crippen LogP contribution in [0.1, 0.15) is 41.3 Å². The lowest BCUT2D eigenvalue weighted by molar-refractivity contribution is 0.697. The Kier molecular flexibility index (Phi) is 3.16. The first-order valence-corrected chi connectivity index (χ1v) is 9.23. The predicted molar refractivity (Wildman–Crippen MR) is 96.4 cm³/mol. The third kappa shape index (κ3) is 2.32. The minimum atomic E-state index is 0.546. The molecular formula is C18H18BrN5. The molecule has 0 amide bonds. The van der Waals surface area contributed by atoms with Gasteiger partial charge < -0.3 is 4.90 Å². The number of benzene rings is 1. The monoisotopic (exact) mass is 383 g/mol. The van der Waals surface area contributed by atoms with Gasteiger partial charge in [-0.3, -0.25) is 0 Å². The molecule has 0 saturated heterocycles. The number of hydrogen-bond acceptors (Lipinski definition) is 4. The van der Waals surface area contributed by atoms with Gasteiger partial charge in [-0.1, -0.05) is 15.9 Å². The van der Waals surface area contributed by atoms with Crippen molar-refractivity contribution in [3.63, 3.8) is 0 Å². The fourth-order valence-electron chi connectivity index (χ4n) is 3.57. The van der Waals surface area contributed by atoms with Gasteiger partial charge in [-0.25, -0.2) is 0 Å². The zero-order valence-corrected chi connectivity index (χ0v) is 15.1. The van der Waals surface area contributed by atoms with E-state index in [1.807, 2.05) is 10.6 Å². The van der Waals surface area contributed by atoms with Gasteiger partial charge >= 0.3 is 0 Å². The summed E-state index contributed by atoms with van der Waals surface area (Å²) in [5.41, 5.74) is 5.06. The van der Waals surface area contributed by atoms with Gasteiger partial charge in [-0.2, -0.15) is 4.52 Å². The molecule has 1 aromatic carbocycles. The van der Waals surface area contributed by atoms with Crippen LogP contribution in [0.15, 0.2) is 28.7 Å². The normalized spacial score (nSPS) is 17.3. The Balaban J connectivity index is 1.52. The van der Waals surface area contributed by atoms with Crippen molar-refractivity contribution in [1.29, 1.82) is 0 Å². The quantitative estimate of drug-likeness (QED) is 0.677. The second-order valence-electron chi connectivity index (χ2n) is 6.83. The highest BCUT2D eigenvalue weighted by molar-refractivity contribution is 9.10. The Morgan fingerprint density at radius 2 is 2.04 bits per heavy atom. The molecule has 1 aliphatic carbocycles. The molecule has 24 heavy (non-hydrogen) atoms. The summed E-state index contributed by atoms with van der Waals surface area (Å²) in [6, 6.07) is 8.55. The Morgan fingerprint density at radius 1 is 1.17 bits per heavy atom. The smallest absolute Gasteiger partial charge is 0.178 e. The van der Waals surface area contributed by atoms with E-state index in [9.17, 15) is 0 Å². The van der Waals surface area contributed by atoms with Crippen LogP contribution in [0.5, 0.6) is 0 Å². The molecule has 1 aliphatic heterocycles. The first-order valence-electron chi connectivity index (χ1n) is 8.44. The molecule has 0 atom stereocenters. The number of aryl methyl sites for hydroxylation is 1. The van der Waals surface area contributed by atoms with Crippen molar-refractivity contribution in [1.82, 2.24) is 19.8 Å². The molecule has 0 radical (unpaired) electrons. The van der Waals surface area contributed by atoms with E-state index < -0.39 is 0 Å². The van der Waals surface area contributed by atoms with Gasteiger partial charge in [0.2, 0.25) is 0 Å². The van der Waals surface area contributed by atoms with E-state index in [0.717, 1.165) is 36.8 Å². The molecule has 0 N–H and O–H groups in total. The van der Waals surface area contributed by atoms with Crippen LogP contribution < -0.4 is 4.90 Å². The zero-order chi connectivity index (χ0) is 16.3. The first kappa shape index (κ1) is 14.4. The summed E-state index contributed by atoms with van der Waals surface area (Å²) in [6.45, 7) is 4.09. The lowest BCUT2D eigenvalue weighted by atomic mass is 9.95. The number of rotatable bonds is 2. The van der Waals surface area contributed by atoms with Gasteiger partial charge in [0.05, 0.1) is 0 Å². The summed E-state index contributed by atoms with van der Waals surface area (Å²) in [6.07, 6.45) is 3.46. The molecule has 3 heterocycles. The second kappa shape index (κ2) is 5.28. The highest BCUT2D eigenvalue weighted by Crippen LogP contribution is 2.39. The van der Waals surface area contributed by atoms with E-state index >= 15 is 0 Å². The molecule has 5 nitrogen and oxygen atoms in total. The van der Waals surface area contributed by atoms with Crippen LogP contribution in [0, 0.1) is 6.92 Å². The Labute approximate surface area is 148 Å². The summed E-state index contributed by atoms with van der Waals surface area (Å²) in [4.78, 5) is 2.36. The third-order valence-corrected chi connectivity index (χ3v) is 5.53. The Morgan fingerprint density at radius 3 is 2.88 bits per heavy atom. The van der Waals surface area contributed by atoms with Crippen LogP contribution in [0.4, 0.5) is 5.82 Å². The van der Waals surface area contributed by atoms with Crippen LogP contribution in [-0.2, 0) is 13.0 Å². The highest BCUT2D eigenvalue weighted by atomic mass is 79.9. The maximum Gasteiger partial charge on any atom is 0.178 e. The van der Waals surface area contributed by atoms with Crippen molar-refractivity contribution >= 4 is 27.4 Å². The SMILES string of the molecule is Cc1cc(Br)cc2c1CN(c1ccc3nnc(C4CC4)n3n1)CC2. The summed E-state index contributed by atoms with van der Waals surface area (Å²) in [7, 11) is 0. The van der Waals surface area contributed by atoms with E-state index in [4.69, 9.17) is 5.10 Å². The number of nitrogens with zero attached hydrogens (tertiary/aromatic N) is 5. The molecule has 122 valence electrons. The van der Waals surface area contributed by atoms with Gasteiger partial charge in [0, 0.05) is 23.5 Å². The number of hydrogen-bond donors (Lipinski definition) is 0. The van der Waals surface area contributed by atoms with E-state index in [1.165, 1.54) is 34.0 Å². The zero-order valence-electron chi connectivity index (χ0n) is 13.5. The first-order chi connectivity index (χ1) is 11.7.